The minimum atomic E-state index is -4.51. The minimum Gasteiger partial charge on any atom is -0.415 e. The van der Waals surface area contributed by atoms with E-state index >= 15 is 0 Å². The third-order valence-corrected chi connectivity index (χ3v) is 11.5. The quantitative estimate of drug-likeness (QED) is 0.420. The van der Waals surface area contributed by atoms with E-state index in [1.54, 1.807) is 17.0 Å². The standard InChI is InChI=1S/C26H34F3N3O3Si/c1-25(2,3)36(5,6)35-14-13-32-22-16-19(10-7-17(22)8-12-23(32)33)31-24(34)20-11-9-18(26(27,28)29)15-21(20)30-4/h7,9-11,15-16,30H,8,12-14H2,1-6H3,(H,31,34). The topological polar surface area (TPSA) is 70.7 Å². The molecule has 0 radical (unpaired) electrons. The Morgan fingerprint density at radius 2 is 1.78 bits per heavy atom. The first kappa shape index (κ1) is 27.7. The molecule has 0 atom stereocenters. The van der Waals surface area contributed by atoms with Gasteiger partial charge in [0.15, 0.2) is 8.32 Å². The normalized spacial score (nSPS) is 14.5. The van der Waals surface area contributed by atoms with Gasteiger partial charge >= 0.3 is 6.18 Å². The molecule has 6 nitrogen and oxygen atoms in total. The van der Waals surface area contributed by atoms with Crippen molar-refractivity contribution in [1.29, 1.82) is 0 Å². The molecule has 196 valence electrons. The summed E-state index contributed by atoms with van der Waals surface area (Å²) in [5.74, 6) is -0.562. The summed E-state index contributed by atoms with van der Waals surface area (Å²) in [6.07, 6.45) is -3.51. The van der Waals surface area contributed by atoms with Crippen LogP contribution in [-0.4, -0.2) is 40.3 Å². The van der Waals surface area contributed by atoms with Gasteiger partial charge in [0.25, 0.3) is 5.91 Å². The number of nitrogens with one attached hydrogen (secondary N) is 2. The molecule has 0 aliphatic carbocycles. The van der Waals surface area contributed by atoms with Crippen molar-refractivity contribution in [2.45, 2.75) is 57.9 Å². The number of benzene rings is 2. The van der Waals surface area contributed by atoms with E-state index in [-0.39, 0.29) is 22.2 Å². The van der Waals surface area contributed by atoms with Gasteiger partial charge in [-0.2, -0.15) is 13.2 Å². The monoisotopic (exact) mass is 521 g/mol. The molecule has 10 heteroatoms. The molecule has 0 fully saturated rings. The molecule has 0 bridgehead atoms. The zero-order valence-electron chi connectivity index (χ0n) is 21.6. The van der Waals surface area contributed by atoms with Crippen LogP contribution in [-0.2, 0) is 21.8 Å². The fourth-order valence-electron chi connectivity index (χ4n) is 3.79. The molecule has 1 aliphatic rings. The first-order valence-corrected chi connectivity index (χ1v) is 14.8. The van der Waals surface area contributed by atoms with Gasteiger partial charge in [0.2, 0.25) is 5.91 Å². The highest BCUT2D eigenvalue weighted by molar-refractivity contribution is 6.74. The number of rotatable bonds is 7. The van der Waals surface area contributed by atoms with E-state index < -0.39 is 26.0 Å². The predicted octanol–water partition coefficient (Wildman–Crippen LogP) is 6.30. The van der Waals surface area contributed by atoms with Gasteiger partial charge in [-0.25, -0.2) is 0 Å². The van der Waals surface area contributed by atoms with Gasteiger partial charge in [0.1, 0.15) is 0 Å². The predicted molar refractivity (Wildman–Crippen MR) is 139 cm³/mol. The molecule has 2 aromatic rings. The maximum Gasteiger partial charge on any atom is 0.416 e. The van der Waals surface area contributed by atoms with Crippen LogP contribution in [0.25, 0.3) is 0 Å². The molecule has 2 amide bonds. The number of anilines is 3. The van der Waals surface area contributed by atoms with Crippen LogP contribution in [0.5, 0.6) is 0 Å². The number of alkyl halides is 3. The van der Waals surface area contributed by atoms with Crippen LogP contribution in [0.2, 0.25) is 18.1 Å². The largest absolute Gasteiger partial charge is 0.416 e. The van der Waals surface area contributed by atoms with E-state index in [4.69, 9.17) is 4.43 Å². The third kappa shape index (κ3) is 6.10. The van der Waals surface area contributed by atoms with Crippen LogP contribution in [0, 0.1) is 0 Å². The van der Waals surface area contributed by atoms with E-state index in [0.717, 1.165) is 23.8 Å². The van der Waals surface area contributed by atoms with E-state index in [0.29, 0.717) is 37.4 Å². The van der Waals surface area contributed by atoms with E-state index in [9.17, 15) is 22.8 Å². The third-order valence-electron chi connectivity index (χ3n) is 6.99. The van der Waals surface area contributed by atoms with Crippen LogP contribution in [0.15, 0.2) is 36.4 Å². The van der Waals surface area contributed by atoms with Crippen LogP contribution in [0.3, 0.4) is 0 Å². The van der Waals surface area contributed by atoms with Gasteiger partial charge in [-0.3, -0.25) is 9.59 Å². The van der Waals surface area contributed by atoms with Crippen molar-refractivity contribution < 1.29 is 27.2 Å². The Kier molecular flexibility index (Phi) is 7.90. The fraction of sp³-hybridized carbons (Fsp3) is 0.462. The Balaban J connectivity index is 1.80. The average molecular weight is 522 g/mol. The Bertz CT molecular complexity index is 1140. The number of hydrogen-bond donors (Lipinski definition) is 2. The lowest BCUT2D eigenvalue weighted by molar-refractivity contribution is -0.137. The number of nitrogens with zero attached hydrogens (tertiary/aromatic N) is 1. The molecule has 0 spiro atoms. The molecular formula is C26H34F3N3O3Si. The van der Waals surface area contributed by atoms with Gasteiger partial charge in [-0.15, -0.1) is 0 Å². The molecule has 0 aromatic heterocycles. The maximum atomic E-state index is 13.1. The van der Waals surface area contributed by atoms with E-state index in [1.165, 1.54) is 7.05 Å². The summed E-state index contributed by atoms with van der Waals surface area (Å²) < 4.78 is 45.4. The highest BCUT2D eigenvalue weighted by Crippen LogP contribution is 2.37. The SMILES string of the molecule is CNc1cc(C(F)(F)F)ccc1C(=O)Nc1ccc2c(c1)N(CCO[Si](C)(C)C(C)(C)C)C(=O)CC2. The number of fused-ring (bicyclic) bond motifs is 1. The van der Waals surface area contributed by atoms with E-state index in [2.05, 4.69) is 44.5 Å². The highest BCUT2D eigenvalue weighted by Gasteiger charge is 2.37. The summed E-state index contributed by atoms with van der Waals surface area (Å²) in [7, 11) is -0.511. The number of amides is 2. The number of halogens is 3. The molecule has 3 rings (SSSR count). The number of carbonyl (C=O) groups is 2. The summed E-state index contributed by atoms with van der Waals surface area (Å²) in [5, 5.41) is 5.47. The summed E-state index contributed by atoms with van der Waals surface area (Å²) in [6, 6.07) is 8.27. The van der Waals surface area contributed by atoms with Gasteiger partial charge in [0.05, 0.1) is 17.7 Å². The average Bonchev–Trinajstić information content (AvgIpc) is 2.78. The Morgan fingerprint density at radius 3 is 2.39 bits per heavy atom. The second-order valence-electron chi connectivity index (χ2n) is 10.5. The molecule has 0 unspecified atom stereocenters. The molecule has 2 N–H and O–H groups in total. The summed E-state index contributed by atoms with van der Waals surface area (Å²) in [4.78, 5) is 27.4. The fourth-order valence-corrected chi connectivity index (χ4v) is 4.83. The summed E-state index contributed by atoms with van der Waals surface area (Å²) >= 11 is 0. The number of aryl methyl sites for hydroxylation is 1. The zero-order chi connectivity index (χ0) is 26.9. The molecule has 1 aliphatic heterocycles. The summed E-state index contributed by atoms with van der Waals surface area (Å²) in [6.45, 7) is 11.6. The molecule has 0 saturated carbocycles. The van der Waals surface area contributed by atoms with Crippen LogP contribution in [0.4, 0.5) is 30.2 Å². The van der Waals surface area contributed by atoms with Crippen molar-refractivity contribution in [2.75, 3.05) is 35.7 Å². The number of hydrogen-bond acceptors (Lipinski definition) is 4. The van der Waals surface area contributed by atoms with Gasteiger partial charge in [-0.1, -0.05) is 26.8 Å². The Labute approximate surface area is 211 Å². The first-order chi connectivity index (χ1) is 16.6. The second-order valence-corrected chi connectivity index (χ2v) is 15.3. The van der Waals surface area contributed by atoms with Crippen molar-refractivity contribution >= 4 is 37.2 Å². The second kappa shape index (κ2) is 10.3. The summed E-state index contributed by atoms with van der Waals surface area (Å²) in [5.41, 5.74) is 1.46. The van der Waals surface area contributed by atoms with Crippen LogP contribution < -0.4 is 15.5 Å². The maximum absolute atomic E-state index is 13.1. The Hall–Kier alpha value is -2.85. The van der Waals surface area contributed by atoms with Crippen molar-refractivity contribution in [2.24, 2.45) is 0 Å². The minimum absolute atomic E-state index is 0.00924. The molecule has 1 heterocycles. The Morgan fingerprint density at radius 1 is 1.08 bits per heavy atom. The molecule has 2 aromatic carbocycles. The van der Waals surface area contributed by atoms with E-state index in [1.807, 2.05) is 6.07 Å². The molecule has 36 heavy (non-hydrogen) atoms. The lowest BCUT2D eigenvalue weighted by Crippen LogP contribution is -2.44. The van der Waals surface area contributed by atoms with Crippen molar-refractivity contribution in [3.05, 3.63) is 53.1 Å². The first-order valence-electron chi connectivity index (χ1n) is 11.9. The van der Waals surface area contributed by atoms with Gasteiger partial charge in [0, 0.05) is 37.1 Å². The van der Waals surface area contributed by atoms with Crippen LogP contribution in [0.1, 0.15) is 48.7 Å². The van der Waals surface area contributed by atoms with Gasteiger partial charge < -0.3 is 20.0 Å². The van der Waals surface area contributed by atoms with Crippen LogP contribution >= 0.6 is 0 Å². The highest BCUT2D eigenvalue weighted by atomic mass is 28.4. The molecule has 0 saturated heterocycles. The smallest absolute Gasteiger partial charge is 0.415 e. The lowest BCUT2D eigenvalue weighted by atomic mass is 10.0. The zero-order valence-corrected chi connectivity index (χ0v) is 22.6. The number of carbonyl (C=O) groups excluding carboxylic acids is 2. The van der Waals surface area contributed by atoms with Crippen molar-refractivity contribution in [3.8, 4) is 0 Å². The van der Waals surface area contributed by atoms with Crippen molar-refractivity contribution in [3.63, 3.8) is 0 Å². The molecular weight excluding hydrogens is 487 g/mol. The van der Waals surface area contributed by atoms with Gasteiger partial charge in [-0.05, 0) is 60.4 Å². The lowest BCUT2D eigenvalue weighted by Gasteiger charge is -2.37. The van der Waals surface area contributed by atoms with Crippen molar-refractivity contribution in [1.82, 2.24) is 0 Å².